The Kier molecular flexibility index (Phi) is 11.4. The molecule has 0 aromatic heterocycles. The number of carbonyl (C=O) groups is 1. The van der Waals surface area contributed by atoms with Gasteiger partial charge in [-0.3, -0.25) is 9.69 Å². The van der Waals surface area contributed by atoms with Gasteiger partial charge in [-0.05, 0) is 63.9 Å². The predicted octanol–water partition coefficient (Wildman–Crippen LogP) is 4.68. The fourth-order valence-corrected chi connectivity index (χ4v) is 4.92. The molecule has 2 aromatic rings. The van der Waals surface area contributed by atoms with Crippen molar-refractivity contribution < 1.29 is 19.4 Å². The number of rotatable bonds is 7. The Morgan fingerprint density at radius 1 is 1.08 bits per heavy atom. The highest BCUT2D eigenvalue weighted by Gasteiger charge is 2.30. The van der Waals surface area contributed by atoms with E-state index in [-0.39, 0.29) is 36.7 Å². The van der Waals surface area contributed by atoms with Gasteiger partial charge in [0, 0.05) is 51.9 Å². The standard InChI is InChI=1S/C31H47N3O4/c1-23-19-34(24(2)22-35)31(36)28-18-27(32(4)5)15-16-29(28)38-25(3)12-10-11-17-37-30(23)21-33(6)20-26-13-8-7-9-14-26/h7-9,13-16,18,23-25,30,35H,10-12,17,19-22H2,1-6H3/t23-,24-,25+,30+/m0/s1. The molecule has 3 rings (SSSR count). The zero-order valence-corrected chi connectivity index (χ0v) is 24.1. The van der Waals surface area contributed by atoms with Crippen molar-refractivity contribution in [1.29, 1.82) is 0 Å². The first-order valence-corrected chi connectivity index (χ1v) is 13.9. The highest BCUT2D eigenvalue weighted by atomic mass is 16.5. The van der Waals surface area contributed by atoms with E-state index in [1.807, 2.05) is 50.2 Å². The van der Waals surface area contributed by atoms with Gasteiger partial charge in [0.1, 0.15) is 5.75 Å². The molecule has 4 atom stereocenters. The van der Waals surface area contributed by atoms with Gasteiger partial charge in [0.2, 0.25) is 0 Å². The molecule has 7 nitrogen and oxygen atoms in total. The van der Waals surface area contributed by atoms with Gasteiger partial charge in [-0.25, -0.2) is 0 Å². The van der Waals surface area contributed by atoms with Crippen LogP contribution >= 0.6 is 0 Å². The summed E-state index contributed by atoms with van der Waals surface area (Å²) < 4.78 is 12.8. The Bertz CT molecular complexity index is 1000. The minimum atomic E-state index is -0.339. The van der Waals surface area contributed by atoms with Gasteiger partial charge in [-0.2, -0.15) is 0 Å². The number of ether oxygens (including phenoxy) is 2. The fraction of sp³-hybridized carbons (Fsp3) is 0.581. The molecule has 1 N–H and O–H groups in total. The zero-order chi connectivity index (χ0) is 27.7. The zero-order valence-electron chi connectivity index (χ0n) is 24.1. The lowest BCUT2D eigenvalue weighted by Gasteiger charge is -2.36. The summed E-state index contributed by atoms with van der Waals surface area (Å²) in [5, 5.41) is 10.1. The smallest absolute Gasteiger partial charge is 0.258 e. The normalized spacial score (nSPS) is 22.4. The number of likely N-dealkylation sites (N-methyl/N-ethyl adjacent to an activating group) is 1. The van der Waals surface area contributed by atoms with Crippen LogP contribution in [0.2, 0.25) is 0 Å². The van der Waals surface area contributed by atoms with E-state index in [2.05, 4.69) is 50.1 Å². The van der Waals surface area contributed by atoms with Crippen LogP contribution in [0.5, 0.6) is 5.75 Å². The molecule has 0 aliphatic carbocycles. The maximum absolute atomic E-state index is 14.1. The molecular formula is C31H47N3O4. The van der Waals surface area contributed by atoms with Crippen LogP contribution in [0.3, 0.4) is 0 Å². The lowest BCUT2D eigenvalue weighted by molar-refractivity contribution is -0.0177. The summed E-state index contributed by atoms with van der Waals surface area (Å²) in [6.45, 7) is 8.72. The van der Waals surface area contributed by atoms with E-state index < -0.39 is 0 Å². The minimum absolute atomic E-state index is 0.0230. The molecule has 0 saturated carbocycles. The van der Waals surface area contributed by atoms with Crippen molar-refractivity contribution in [3.8, 4) is 5.75 Å². The molecule has 1 heterocycles. The van der Waals surface area contributed by atoms with Gasteiger partial charge in [0.25, 0.3) is 5.91 Å². The number of hydrogen-bond acceptors (Lipinski definition) is 6. The Hall–Kier alpha value is -2.61. The van der Waals surface area contributed by atoms with Crippen LogP contribution in [0.15, 0.2) is 48.5 Å². The molecule has 1 aliphatic rings. The number of aliphatic hydroxyl groups is 1. The first-order chi connectivity index (χ1) is 18.2. The Balaban J connectivity index is 1.90. The molecule has 1 amide bonds. The van der Waals surface area contributed by atoms with E-state index in [4.69, 9.17) is 9.47 Å². The first kappa shape index (κ1) is 29.9. The van der Waals surface area contributed by atoms with Crippen LogP contribution in [0.4, 0.5) is 5.69 Å². The van der Waals surface area contributed by atoms with Crippen molar-refractivity contribution >= 4 is 11.6 Å². The fourth-order valence-electron chi connectivity index (χ4n) is 4.92. The number of carbonyl (C=O) groups excluding carboxylic acids is 1. The molecule has 38 heavy (non-hydrogen) atoms. The third-order valence-corrected chi connectivity index (χ3v) is 7.34. The average molecular weight is 526 g/mol. The van der Waals surface area contributed by atoms with Gasteiger partial charge < -0.3 is 24.4 Å². The third-order valence-electron chi connectivity index (χ3n) is 7.34. The summed E-state index contributed by atoms with van der Waals surface area (Å²) in [7, 11) is 6.04. The van der Waals surface area contributed by atoms with E-state index in [1.165, 1.54) is 5.56 Å². The van der Waals surface area contributed by atoms with Crippen molar-refractivity contribution in [3.05, 3.63) is 59.7 Å². The van der Waals surface area contributed by atoms with Crippen molar-refractivity contribution in [2.45, 2.75) is 64.8 Å². The van der Waals surface area contributed by atoms with Crippen LogP contribution in [0, 0.1) is 5.92 Å². The van der Waals surface area contributed by atoms with E-state index in [1.54, 1.807) is 4.90 Å². The number of nitrogens with zero attached hydrogens (tertiary/aromatic N) is 3. The number of anilines is 1. The van der Waals surface area contributed by atoms with Gasteiger partial charge in [0.15, 0.2) is 0 Å². The molecule has 0 bridgehead atoms. The molecule has 7 heteroatoms. The number of amides is 1. The average Bonchev–Trinajstić information content (AvgIpc) is 2.90. The second kappa shape index (κ2) is 14.5. The molecule has 0 radical (unpaired) electrons. The maximum atomic E-state index is 14.1. The Labute approximate surface area is 229 Å². The van der Waals surface area contributed by atoms with E-state index in [9.17, 15) is 9.90 Å². The summed E-state index contributed by atoms with van der Waals surface area (Å²) in [6, 6.07) is 15.9. The summed E-state index contributed by atoms with van der Waals surface area (Å²) >= 11 is 0. The molecule has 1 aliphatic heterocycles. The first-order valence-electron chi connectivity index (χ1n) is 13.9. The topological polar surface area (TPSA) is 65.5 Å². The highest BCUT2D eigenvalue weighted by Crippen LogP contribution is 2.29. The van der Waals surface area contributed by atoms with Crippen LogP contribution in [-0.2, 0) is 11.3 Å². The van der Waals surface area contributed by atoms with Crippen LogP contribution in [-0.4, -0.2) is 86.5 Å². The van der Waals surface area contributed by atoms with Gasteiger partial charge in [-0.1, -0.05) is 37.3 Å². The predicted molar refractivity (Wildman–Crippen MR) is 154 cm³/mol. The molecule has 0 unspecified atom stereocenters. The summed E-state index contributed by atoms with van der Waals surface area (Å²) in [4.78, 5) is 20.1. The number of benzene rings is 2. The number of aliphatic hydroxyl groups excluding tert-OH is 1. The van der Waals surface area contributed by atoms with Crippen molar-refractivity contribution in [2.24, 2.45) is 5.92 Å². The number of fused-ring (bicyclic) bond motifs is 1. The van der Waals surface area contributed by atoms with Crippen molar-refractivity contribution in [3.63, 3.8) is 0 Å². The molecule has 0 fully saturated rings. The van der Waals surface area contributed by atoms with Crippen LogP contribution in [0.25, 0.3) is 0 Å². The van der Waals surface area contributed by atoms with E-state index in [0.717, 1.165) is 38.0 Å². The van der Waals surface area contributed by atoms with Gasteiger partial charge >= 0.3 is 0 Å². The lowest BCUT2D eigenvalue weighted by Crippen LogP contribution is -2.47. The SMILES string of the molecule is C[C@@H]1CCCCO[C@H](CN(C)Cc2ccccc2)[C@@H](C)CN([C@@H](C)CO)C(=O)c2cc(N(C)C)ccc2O1. The summed E-state index contributed by atoms with van der Waals surface area (Å²) in [6.07, 6.45) is 2.77. The maximum Gasteiger partial charge on any atom is 0.258 e. The largest absolute Gasteiger partial charge is 0.490 e. The highest BCUT2D eigenvalue weighted by molar-refractivity contribution is 5.98. The minimum Gasteiger partial charge on any atom is -0.490 e. The quantitative estimate of drug-likeness (QED) is 0.566. The monoisotopic (exact) mass is 525 g/mol. The second-order valence-corrected chi connectivity index (χ2v) is 11.1. The van der Waals surface area contributed by atoms with E-state index in [0.29, 0.717) is 24.5 Å². The molecule has 0 saturated heterocycles. The lowest BCUT2D eigenvalue weighted by atomic mass is 10.0. The number of hydrogen-bond donors (Lipinski definition) is 1. The molecule has 0 spiro atoms. The molecular weight excluding hydrogens is 478 g/mol. The Morgan fingerprint density at radius 2 is 1.82 bits per heavy atom. The van der Waals surface area contributed by atoms with Gasteiger partial charge in [-0.15, -0.1) is 0 Å². The van der Waals surface area contributed by atoms with Crippen molar-refractivity contribution in [2.75, 3.05) is 52.3 Å². The molecule has 210 valence electrons. The Morgan fingerprint density at radius 3 is 2.50 bits per heavy atom. The van der Waals surface area contributed by atoms with E-state index >= 15 is 0 Å². The third kappa shape index (κ3) is 8.45. The van der Waals surface area contributed by atoms with Crippen LogP contribution < -0.4 is 9.64 Å². The van der Waals surface area contributed by atoms with Crippen molar-refractivity contribution in [1.82, 2.24) is 9.80 Å². The molecule has 2 aromatic carbocycles. The van der Waals surface area contributed by atoms with Gasteiger partial charge in [0.05, 0.1) is 30.4 Å². The van der Waals surface area contributed by atoms with Crippen LogP contribution in [0.1, 0.15) is 56.0 Å². The summed E-state index contributed by atoms with van der Waals surface area (Å²) in [5.41, 5.74) is 2.73. The summed E-state index contributed by atoms with van der Waals surface area (Å²) in [5.74, 6) is 0.538. The second-order valence-electron chi connectivity index (χ2n) is 11.1.